The SMILES string of the molecule is CC/C=C(/CCNC(=O)c1noc(Cc2cc(OC)ccc2OC)n1)c1cc(Cl)ccc1C. The largest absolute Gasteiger partial charge is 0.497 e. The van der Waals surface area contributed by atoms with E-state index in [2.05, 4.69) is 28.5 Å². The summed E-state index contributed by atoms with van der Waals surface area (Å²) in [6.45, 7) is 4.56. The van der Waals surface area contributed by atoms with E-state index in [1.54, 1.807) is 26.4 Å². The van der Waals surface area contributed by atoms with Crippen LogP contribution in [0.4, 0.5) is 0 Å². The Morgan fingerprint density at radius 2 is 2.00 bits per heavy atom. The van der Waals surface area contributed by atoms with Crippen LogP contribution >= 0.6 is 11.6 Å². The van der Waals surface area contributed by atoms with Crippen LogP contribution in [0.15, 0.2) is 47.0 Å². The summed E-state index contributed by atoms with van der Waals surface area (Å²) in [6.07, 6.45) is 4.01. The van der Waals surface area contributed by atoms with E-state index >= 15 is 0 Å². The van der Waals surface area contributed by atoms with E-state index in [9.17, 15) is 4.79 Å². The van der Waals surface area contributed by atoms with Gasteiger partial charge in [-0.25, -0.2) is 0 Å². The molecule has 1 heterocycles. The molecule has 0 aliphatic rings. The lowest BCUT2D eigenvalue weighted by atomic mass is 9.97. The molecule has 0 atom stereocenters. The van der Waals surface area contributed by atoms with Gasteiger partial charge in [0, 0.05) is 17.1 Å². The van der Waals surface area contributed by atoms with Gasteiger partial charge < -0.3 is 19.3 Å². The number of aromatic nitrogens is 2. The predicted molar refractivity (Wildman–Crippen MR) is 128 cm³/mol. The molecule has 7 nitrogen and oxygen atoms in total. The second-order valence-corrected chi connectivity index (χ2v) is 7.91. The molecule has 0 aliphatic heterocycles. The minimum atomic E-state index is -0.388. The summed E-state index contributed by atoms with van der Waals surface area (Å²) in [4.78, 5) is 16.8. The third-order valence-corrected chi connectivity index (χ3v) is 5.41. The molecular weight excluding hydrogens is 442 g/mol. The summed E-state index contributed by atoms with van der Waals surface area (Å²) in [7, 11) is 3.18. The molecule has 2 aromatic carbocycles. The monoisotopic (exact) mass is 469 g/mol. The van der Waals surface area contributed by atoms with Crippen LogP contribution in [0.2, 0.25) is 5.02 Å². The maximum absolute atomic E-state index is 12.5. The normalized spacial score (nSPS) is 11.4. The first-order valence-corrected chi connectivity index (χ1v) is 11.1. The van der Waals surface area contributed by atoms with Crippen LogP contribution in [0.5, 0.6) is 11.5 Å². The van der Waals surface area contributed by atoms with Gasteiger partial charge in [-0.3, -0.25) is 4.79 Å². The van der Waals surface area contributed by atoms with E-state index in [-0.39, 0.29) is 11.7 Å². The molecule has 33 heavy (non-hydrogen) atoms. The zero-order chi connectivity index (χ0) is 23.8. The van der Waals surface area contributed by atoms with Crippen molar-refractivity contribution in [2.75, 3.05) is 20.8 Å². The fourth-order valence-electron chi connectivity index (χ4n) is 3.52. The number of ether oxygens (including phenoxy) is 2. The van der Waals surface area contributed by atoms with Crippen molar-refractivity contribution in [1.82, 2.24) is 15.5 Å². The molecule has 174 valence electrons. The number of aryl methyl sites for hydroxylation is 1. The fourth-order valence-corrected chi connectivity index (χ4v) is 3.70. The van der Waals surface area contributed by atoms with Crippen LogP contribution in [0.3, 0.4) is 0 Å². The number of nitrogens with one attached hydrogen (secondary N) is 1. The summed E-state index contributed by atoms with van der Waals surface area (Å²) in [5.74, 6) is 1.28. The number of methoxy groups -OCH3 is 2. The van der Waals surface area contributed by atoms with E-state index in [1.807, 2.05) is 31.2 Å². The Morgan fingerprint density at radius 1 is 1.18 bits per heavy atom. The van der Waals surface area contributed by atoms with Gasteiger partial charge in [0.05, 0.1) is 20.6 Å². The second kappa shape index (κ2) is 11.5. The van der Waals surface area contributed by atoms with Crippen LogP contribution in [0.1, 0.15) is 53.0 Å². The van der Waals surface area contributed by atoms with E-state index in [0.717, 1.165) is 28.7 Å². The minimum Gasteiger partial charge on any atom is -0.497 e. The summed E-state index contributed by atoms with van der Waals surface area (Å²) in [5.41, 5.74) is 4.18. The molecule has 1 amide bonds. The van der Waals surface area contributed by atoms with Crippen molar-refractivity contribution in [2.24, 2.45) is 0 Å². The van der Waals surface area contributed by atoms with Gasteiger partial charge in [-0.05, 0) is 66.8 Å². The van der Waals surface area contributed by atoms with Crippen molar-refractivity contribution in [3.05, 3.63) is 75.9 Å². The highest BCUT2D eigenvalue weighted by molar-refractivity contribution is 6.30. The first-order chi connectivity index (χ1) is 15.9. The predicted octanol–water partition coefficient (Wildman–Crippen LogP) is 5.25. The molecule has 3 aromatic rings. The molecule has 0 saturated heterocycles. The number of halogens is 1. The zero-order valence-corrected chi connectivity index (χ0v) is 20.0. The molecule has 3 rings (SSSR count). The highest BCUT2D eigenvalue weighted by Gasteiger charge is 2.17. The van der Waals surface area contributed by atoms with Crippen LogP contribution in [-0.4, -0.2) is 36.8 Å². The van der Waals surface area contributed by atoms with E-state index in [0.29, 0.717) is 41.8 Å². The van der Waals surface area contributed by atoms with Crippen molar-refractivity contribution in [3.63, 3.8) is 0 Å². The first kappa shape index (κ1) is 24.3. The molecule has 0 aliphatic carbocycles. The Morgan fingerprint density at radius 3 is 2.73 bits per heavy atom. The Hall–Kier alpha value is -3.32. The number of hydrogen-bond acceptors (Lipinski definition) is 6. The van der Waals surface area contributed by atoms with Crippen LogP contribution in [-0.2, 0) is 6.42 Å². The number of hydrogen-bond donors (Lipinski definition) is 1. The molecule has 0 bridgehead atoms. The van der Waals surface area contributed by atoms with Gasteiger partial charge in [0.15, 0.2) is 0 Å². The second-order valence-electron chi connectivity index (χ2n) is 7.47. The average Bonchev–Trinajstić information content (AvgIpc) is 3.28. The summed E-state index contributed by atoms with van der Waals surface area (Å²) < 4.78 is 15.9. The van der Waals surface area contributed by atoms with Gasteiger partial charge in [0.2, 0.25) is 5.89 Å². The summed E-state index contributed by atoms with van der Waals surface area (Å²) >= 11 is 6.18. The van der Waals surface area contributed by atoms with Crippen molar-refractivity contribution in [3.8, 4) is 11.5 Å². The van der Waals surface area contributed by atoms with Gasteiger partial charge >= 0.3 is 0 Å². The van der Waals surface area contributed by atoms with Crippen molar-refractivity contribution < 1.29 is 18.8 Å². The number of rotatable bonds is 10. The molecule has 0 spiro atoms. The Bertz CT molecular complexity index is 1140. The van der Waals surface area contributed by atoms with E-state index < -0.39 is 0 Å². The van der Waals surface area contributed by atoms with Gasteiger partial charge in [-0.1, -0.05) is 35.8 Å². The number of carbonyl (C=O) groups excluding carboxylic acids is 1. The van der Waals surface area contributed by atoms with Crippen LogP contribution in [0, 0.1) is 6.92 Å². The van der Waals surface area contributed by atoms with Crippen LogP contribution < -0.4 is 14.8 Å². The molecule has 0 unspecified atom stereocenters. The van der Waals surface area contributed by atoms with Gasteiger partial charge in [-0.2, -0.15) is 4.98 Å². The van der Waals surface area contributed by atoms with Gasteiger partial charge in [0.1, 0.15) is 11.5 Å². The highest BCUT2D eigenvalue weighted by Crippen LogP contribution is 2.27. The van der Waals surface area contributed by atoms with Gasteiger partial charge in [0.25, 0.3) is 11.7 Å². The Kier molecular flexibility index (Phi) is 8.49. The average molecular weight is 470 g/mol. The smallest absolute Gasteiger partial charge is 0.292 e. The maximum Gasteiger partial charge on any atom is 0.292 e. The molecule has 1 N–H and O–H groups in total. The lowest BCUT2D eigenvalue weighted by molar-refractivity contribution is 0.0941. The number of benzene rings is 2. The van der Waals surface area contributed by atoms with Crippen molar-refractivity contribution in [2.45, 2.75) is 33.1 Å². The molecule has 8 heteroatoms. The molecular formula is C25H28ClN3O4. The lowest BCUT2D eigenvalue weighted by Gasteiger charge is -2.12. The van der Waals surface area contributed by atoms with Gasteiger partial charge in [-0.15, -0.1) is 0 Å². The third-order valence-electron chi connectivity index (χ3n) is 5.18. The number of carbonyl (C=O) groups is 1. The topological polar surface area (TPSA) is 86.5 Å². The minimum absolute atomic E-state index is 0.00757. The standard InChI is InChI=1S/C25H28ClN3O4/c1-5-6-17(21-15-19(26)8-7-16(21)2)11-12-27-25(30)24-28-23(33-29-24)14-18-13-20(31-3)9-10-22(18)32-4/h6-10,13,15H,5,11-12,14H2,1-4H3,(H,27,30)/b17-6-. The highest BCUT2D eigenvalue weighted by atomic mass is 35.5. The summed E-state index contributed by atoms with van der Waals surface area (Å²) in [6, 6.07) is 11.3. The quantitative estimate of drug-likeness (QED) is 0.436. The fraction of sp³-hybridized carbons (Fsp3) is 0.320. The van der Waals surface area contributed by atoms with Crippen molar-refractivity contribution in [1.29, 1.82) is 0 Å². The lowest BCUT2D eigenvalue weighted by Crippen LogP contribution is -2.25. The third kappa shape index (κ3) is 6.35. The van der Waals surface area contributed by atoms with Crippen molar-refractivity contribution >= 4 is 23.1 Å². The molecule has 1 aromatic heterocycles. The zero-order valence-electron chi connectivity index (χ0n) is 19.3. The first-order valence-electron chi connectivity index (χ1n) is 10.7. The number of allylic oxidation sites excluding steroid dienone is 1. The van der Waals surface area contributed by atoms with Crippen LogP contribution in [0.25, 0.3) is 5.57 Å². The molecule has 0 saturated carbocycles. The van der Waals surface area contributed by atoms with E-state index in [1.165, 1.54) is 0 Å². The Labute approximate surface area is 198 Å². The number of nitrogens with zero attached hydrogens (tertiary/aromatic N) is 2. The Balaban J connectivity index is 1.63. The summed E-state index contributed by atoms with van der Waals surface area (Å²) in [5, 5.41) is 7.38. The molecule has 0 radical (unpaired) electrons. The number of amides is 1. The maximum atomic E-state index is 12.5. The van der Waals surface area contributed by atoms with E-state index in [4.69, 9.17) is 25.6 Å². The molecule has 0 fully saturated rings.